The quantitative estimate of drug-likeness (QED) is 0.393. The molecule has 0 spiro atoms. The molecule has 0 bridgehead atoms. The minimum Gasteiger partial charge on any atom is -0.493 e. The van der Waals surface area contributed by atoms with Crippen molar-refractivity contribution in [1.29, 1.82) is 0 Å². The van der Waals surface area contributed by atoms with Gasteiger partial charge in [0.05, 0.1) is 25.9 Å². The Morgan fingerprint density at radius 3 is 2.62 bits per heavy atom. The van der Waals surface area contributed by atoms with Crippen LogP contribution in [0.15, 0.2) is 47.5 Å². The van der Waals surface area contributed by atoms with E-state index in [2.05, 4.69) is 5.32 Å². The number of carbonyl (C=O) groups is 2. The van der Waals surface area contributed by atoms with Gasteiger partial charge < -0.3 is 24.4 Å². The molecule has 1 N–H and O–H groups in total. The van der Waals surface area contributed by atoms with Gasteiger partial charge in [0.2, 0.25) is 0 Å². The molecule has 1 aliphatic heterocycles. The van der Waals surface area contributed by atoms with E-state index in [4.69, 9.17) is 19.2 Å². The van der Waals surface area contributed by atoms with Gasteiger partial charge in [0, 0.05) is 29.9 Å². The molecule has 9 heteroatoms. The SMILES string of the molecule is COc1cc(C=Nc2sc3c(c2C(=O)Nc2ccc(C)cc2)CCCC3)ccc1OCC(=O)N1CCOCC1. The van der Waals surface area contributed by atoms with E-state index in [0.717, 1.165) is 48.1 Å². The third-order valence-electron chi connectivity index (χ3n) is 6.92. The Kier molecular flexibility index (Phi) is 8.58. The third kappa shape index (κ3) is 6.49. The average molecular weight is 548 g/mol. The Balaban J connectivity index is 1.33. The number of benzene rings is 2. The molecular formula is C30H33N3O5S. The number of amides is 2. The zero-order valence-corrected chi connectivity index (χ0v) is 23.1. The number of hydrogen-bond acceptors (Lipinski definition) is 7. The van der Waals surface area contributed by atoms with E-state index in [9.17, 15) is 9.59 Å². The number of aliphatic imine (C=N–C) groups is 1. The molecule has 3 aromatic rings. The van der Waals surface area contributed by atoms with Crippen LogP contribution in [0.2, 0.25) is 0 Å². The van der Waals surface area contributed by atoms with Gasteiger partial charge in [0.25, 0.3) is 11.8 Å². The first-order valence-electron chi connectivity index (χ1n) is 13.2. The third-order valence-corrected chi connectivity index (χ3v) is 8.12. The smallest absolute Gasteiger partial charge is 0.260 e. The monoisotopic (exact) mass is 547 g/mol. The standard InChI is InChI=1S/C30H33N3O5S/c1-20-7-10-22(11-8-20)32-29(35)28-23-5-3-4-6-26(23)39-30(28)31-18-21-9-12-24(25(17-21)36-2)38-19-27(34)33-13-15-37-16-14-33/h7-12,17-18H,3-6,13-16,19H2,1-2H3,(H,32,35). The highest BCUT2D eigenvalue weighted by Gasteiger charge is 2.25. The second-order valence-corrected chi connectivity index (χ2v) is 10.7. The Morgan fingerprint density at radius 1 is 1.08 bits per heavy atom. The molecule has 39 heavy (non-hydrogen) atoms. The molecular weight excluding hydrogens is 514 g/mol. The summed E-state index contributed by atoms with van der Waals surface area (Å²) < 4.78 is 16.6. The van der Waals surface area contributed by atoms with E-state index < -0.39 is 0 Å². The van der Waals surface area contributed by atoms with Crippen molar-refractivity contribution in [1.82, 2.24) is 4.90 Å². The largest absolute Gasteiger partial charge is 0.493 e. The molecule has 0 unspecified atom stereocenters. The van der Waals surface area contributed by atoms with Gasteiger partial charge in [0.15, 0.2) is 18.1 Å². The molecule has 1 fully saturated rings. The zero-order chi connectivity index (χ0) is 27.2. The van der Waals surface area contributed by atoms with Gasteiger partial charge in [-0.15, -0.1) is 11.3 Å². The Hall–Kier alpha value is -3.69. The van der Waals surface area contributed by atoms with Crippen LogP contribution < -0.4 is 14.8 Å². The molecule has 1 aromatic heterocycles. The number of fused-ring (bicyclic) bond motifs is 1. The summed E-state index contributed by atoms with van der Waals surface area (Å²) in [6, 6.07) is 13.3. The number of anilines is 1. The summed E-state index contributed by atoms with van der Waals surface area (Å²) in [7, 11) is 1.56. The Morgan fingerprint density at radius 2 is 1.85 bits per heavy atom. The Labute approximate surface area is 232 Å². The normalized spacial score (nSPS) is 15.2. The molecule has 0 radical (unpaired) electrons. The number of ether oxygens (including phenoxy) is 3. The number of methoxy groups -OCH3 is 1. The molecule has 2 aromatic carbocycles. The second-order valence-electron chi connectivity index (χ2n) is 9.66. The van der Waals surface area contributed by atoms with Gasteiger partial charge >= 0.3 is 0 Å². The van der Waals surface area contributed by atoms with Gasteiger partial charge in [-0.25, -0.2) is 4.99 Å². The maximum Gasteiger partial charge on any atom is 0.260 e. The van der Waals surface area contributed by atoms with Crippen LogP contribution in [0.3, 0.4) is 0 Å². The van der Waals surface area contributed by atoms with Crippen LogP contribution in [0.25, 0.3) is 0 Å². The van der Waals surface area contributed by atoms with Crippen LogP contribution in [0.1, 0.15) is 44.8 Å². The number of nitrogens with zero attached hydrogens (tertiary/aromatic N) is 2. The van der Waals surface area contributed by atoms with Crippen LogP contribution in [0.4, 0.5) is 10.7 Å². The fourth-order valence-corrected chi connectivity index (χ4v) is 6.00. The van der Waals surface area contributed by atoms with Crippen molar-refractivity contribution >= 4 is 40.1 Å². The summed E-state index contributed by atoms with van der Waals surface area (Å²) in [6.45, 7) is 4.20. The van der Waals surface area contributed by atoms with E-state index >= 15 is 0 Å². The van der Waals surface area contributed by atoms with E-state index in [1.165, 1.54) is 4.88 Å². The lowest BCUT2D eigenvalue weighted by molar-refractivity contribution is -0.137. The fourth-order valence-electron chi connectivity index (χ4n) is 4.77. The molecule has 204 valence electrons. The molecule has 2 amide bonds. The van der Waals surface area contributed by atoms with Crippen LogP contribution in [0.5, 0.6) is 11.5 Å². The summed E-state index contributed by atoms with van der Waals surface area (Å²) in [5.41, 5.74) is 4.50. The number of aryl methyl sites for hydroxylation is 2. The van der Waals surface area contributed by atoms with Crippen molar-refractivity contribution in [3.8, 4) is 11.5 Å². The van der Waals surface area contributed by atoms with Gasteiger partial charge in [0.1, 0.15) is 5.00 Å². The summed E-state index contributed by atoms with van der Waals surface area (Å²) in [5, 5.41) is 3.76. The highest BCUT2D eigenvalue weighted by molar-refractivity contribution is 7.16. The van der Waals surface area contributed by atoms with Crippen LogP contribution in [-0.2, 0) is 22.4 Å². The van der Waals surface area contributed by atoms with Crippen molar-refractivity contribution < 1.29 is 23.8 Å². The molecule has 2 heterocycles. The van der Waals surface area contributed by atoms with Crippen LogP contribution in [-0.4, -0.2) is 62.9 Å². The maximum absolute atomic E-state index is 13.4. The predicted octanol–water partition coefficient (Wildman–Crippen LogP) is 5.18. The first-order chi connectivity index (χ1) is 19.0. The number of thiophene rings is 1. The van der Waals surface area contributed by atoms with Crippen molar-refractivity contribution in [3.05, 3.63) is 69.6 Å². The summed E-state index contributed by atoms with van der Waals surface area (Å²) >= 11 is 1.59. The molecule has 1 saturated heterocycles. The summed E-state index contributed by atoms with van der Waals surface area (Å²) in [5.74, 6) is 0.790. The lowest BCUT2D eigenvalue weighted by Gasteiger charge is -2.26. The Bertz CT molecular complexity index is 1360. The van der Waals surface area contributed by atoms with E-state index in [0.29, 0.717) is 48.4 Å². The average Bonchev–Trinajstić information content (AvgIpc) is 3.35. The lowest BCUT2D eigenvalue weighted by atomic mass is 9.95. The van der Waals surface area contributed by atoms with Gasteiger partial charge in [-0.2, -0.15) is 0 Å². The van der Waals surface area contributed by atoms with Gasteiger partial charge in [-0.1, -0.05) is 17.7 Å². The number of morpholine rings is 1. The number of rotatable bonds is 8. The zero-order valence-electron chi connectivity index (χ0n) is 22.3. The lowest BCUT2D eigenvalue weighted by Crippen LogP contribution is -2.43. The number of carbonyl (C=O) groups excluding carboxylic acids is 2. The summed E-state index contributed by atoms with van der Waals surface area (Å²) in [6.07, 6.45) is 5.81. The highest BCUT2D eigenvalue weighted by Crippen LogP contribution is 2.40. The van der Waals surface area contributed by atoms with Gasteiger partial charge in [-0.3, -0.25) is 9.59 Å². The minimum absolute atomic E-state index is 0.0655. The summed E-state index contributed by atoms with van der Waals surface area (Å²) in [4.78, 5) is 33.6. The molecule has 0 saturated carbocycles. The second kappa shape index (κ2) is 12.4. The first-order valence-corrected chi connectivity index (χ1v) is 14.1. The van der Waals surface area contributed by atoms with Gasteiger partial charge in [-0.05, 0) is 74.1 Å². The fraction of sp³-hybridized carbons (Fsp3) is 0.367. The topological polar surface area (TPSA) is 89.5 Å². The highest BCUT2D eigenvalue weighted by atomic mass is 32.1. The van der Waals surface area contributed by atoms with E-state index in [1.54, 1.807) is 35.6 Å². The number of nitrogens with one attached hydrogen (secondary N) is 1. The maximum atomic E-state index is 13.4. The van der Waals surface area contributed by atoms with Crippen molar-refractivity contribution in [2.45, 2.75) is 32.6 Å². The molecule has 2 aliphatic rings. The van der Waals surface area contributed by atoms with Crippen LogP contribution in [0, 0.1) is 6.92 Å². The van der Waals surface area contributed by atoms with Crippen molar-refractivity contribution in [2.24, 2.45) is 4.99 Å². The van der Waals surface area contributed by atoms with E-state index in [1.807, 2.05) is 43.3 Å². The van der Waals surface area contributed by atoms with Crippen molar-refractivity contribution in [2.75, 3.05) is 45.3 Å². The molecule has 8 nitrogen and oxygen atoms in total. The molecule has 1 aliphatic carbocycles. The van der Waals surface area contributed by atoms with E-state index in [-0.39, 0.29) is 18.4 Å². The molecule has 0 atom stereocenters. The van der Waals surface area contributed by atoms with Crippen molar-refractivity contribution in [3.63, 3.8) is 0 Å². The van der Waals surface area contributed by atoms with Crippen LogP contribution >= 0.6 is 11.3 Å². The minimum atomic E-state index is -0.128. The first kappa shape index (κ1) is 26.9. The predicted molar refractivity (Wildman–Crippen MR) is 153 cm³/mol. The number of hydrogen-bond donors (Lipinski definition) is 1. The molecule has 5 rings (SSSR count).